The second-order valence-electron chi connectivity index (χ2n) is 6.85. The van der Waals surface area contributed by atoms with Gasteiger partial charge in [0.2, 0.25) is 0 Å². The van der Waals surface area contributed by atoms with Crippen molar-refractivity contribution in [1.29, 1.82) is 0 Å². The number of carbonyl (C=O) groups excluding carboxylic acids is 2. The van der Waals surface area contributed by atoms with Crippen molar-refractivity contribution in [2.24, 2.45) is 7.05 Å². The van der Waals surface area contributed by atoms with Crippen molar-refractivity contribution in [2.75, 3.05) is 19.8 Å². The summed E-state index contributed by atoms with van der Waals surface area (Å²) in [5, 5.41) is 0.524. The lowest BCUT2D eigenvalue weighted by molar-refractivity contribution is -0.142. The van der Waals surface area contributed by atoms with Gasteiger partial charge in [-0.3, -0.25) is 19.0 Å². The predicted molar refractivity (Wildman–Crippen MR) is 108 cm³/mol. The van der Waals surface area contributed by atoms with E-state index in [0.29, 0.717) is 47.0 Å². The van der Waals surface area contributed by atoms with E-state index in [9.17, 15) is 14.4 Å². The Morgan fingerprint density at radius 2 is 1.87 bits per heavy atom. The fourth-order valence-electron chi connectivity index (χ4n) is 3.22. The van der Waals surface area contributed by atoms with E-state index in [1.165, 1.54) is 4.57 Å². The molecule has 0 amide bonds. The molecule has 2 heterocycles. The molecule has 1 aliphatic heterocycles. The molecule has 8 heteroatoms. The number of ketones is 1. The van der Waals surface area contributed by atoms with Crippen LogP contribution in [0.5, 0.6) is 11.5 Å². The molecule has 0 spiro atoms. The van der Waals surface area contributed by atoms with Crippen LogP contribution in [-0.4, -0.2) is 41.1 Å². The van der Waals surface area contributed by atoms with Gasteiger partial charge in [0.1, 0.15) is 19.0 Å². The molecule has 154 valence electrons. The number of aryl methyl sites for hydroxylation is 1. The lowest BCUT2D eigenvalue weighted by Crippen LogP contribution is -2.23. The first-order valence-electron chi connectivity index (χ1n) is 9.56. The molecule has 0 bridgehead atoms. The largest absolute Gasteiger partial charge is 0.486 e. The van der Waals surface area contributed by atoms with E-state index in [1.807, 2.05) is 0 Å². The number of hydrogen-bond donors (Lipinski definition) is 0. The Labute approximate surface area is 172 Å². The van der Waals surface area contributed by atoms with E-state index in [1.54, 1.807) is 49.5 Å². The van der Waals surface area contributed by atoms with Crippen LogP contribution in [-0.2, 0) is 23.0 Å². The van der Waals surface area contributed by atoms with Crippen molar-refractivity contribution < 1.29 is 23.8 Å². The number of nitrogens with zero attached hydrogens (tertiary/aromatic N) is 2. The number of aromatic nitrogens is 2. The van der Waals surface area contributed by atoms with Crippen LogP contribution in [0.4, 0.5) is 0 Å². The molecule has 30 heavy (non-hydrogen) atoms. The molecule has 0 N–H and O–H groups in total. The van der Waals surface area contributed by atoms with Crippen LogP contribution in [0.25, 0.3) is 10.9 Å². The Bertz CT molecular complexity index is 1180. The zero-order chi connectivity index (χ0) is 21.1. The van der Waals surface area contributed by atoms with E-state index in [0.717, 1.165) is 0 Å². The zero-order valence-corrected chi connectivity index (χ0v) is 16.4. The average Bonchev–Trinajstić information content (AvgIpc) is 2.78. The summed E-state index contributed by atoms with van der Waals surface area (Å²) in [5.41, 5.74) is 0.793. The molecule has 0 saturated carbocycles. The highest BCUT2D eigenvalue weighted by molar-refractivity contribution is 5.98. The van der Waals surface area contributed by atoms with Crippen molar-refractivity contribution in [3.8, 4) is 11.5 Å². The summed E-state index contributed by atoms with van der Waals surface area (Å²) in [4.78, 5) is 41.3. The molecule has 8 nitrogen and oxygen atoms in total. The van der Waals surface area contributed by atoms with E-state index in [-0.39, 0.29) is 30.8 Å². The van der Waals surface area contributed by atoms with E-state index in [4.69, 9.17) is 14.2 Å². The number of fused-ring (bicyclic) bond motifs is 2. The fourth-order valence-corrected chi connectivity index (χ4v) is 3.22. The monoisotopic (exact) mass is 408 g/mol. The van der Waals surface area contributed by atoms with E-state index in [2.05, 4.69) is 4.98 Å². The van der Waals surface area contributed by atoms with Gasteiger partial charge in [0.05, 0.1) is 17.3 Å². The molecular weight excluding hydrogens is 388 g/mol. The molecule has 1 aliphatic rings. The van der Waals surface area contributed by atoms with E-state index >= 15 is 0 Å². The van der Waals surface area contributed by atoms with Crippen LogP contribution in [0.1, 0.15) is 22.6 Å². The summed E-state index contributed by atoms with van der Waals surface area (Å²) >= 11 is 0. The van der Waals surface area contributed by atoms with Crippen LogP contribution in [0.15, 0.2) is 47.3 Å². The molecule has 0 aliphatic carbocycles. The molecule has 0 atom stereocenters. The van der Waals surface area contributed by atoms with Gasteiger partial charge in [-0.25, -0.2) is 4.98 Å². The maximum Gasteiger partial charge on any atom is 0.306 e. The molecule has 0 fully saturated rings. The Morgan fingerprint density at radius 1 is 1.10 bits per heavy atom. The second-order valence-corrected chi connectivity index (χ2v) is 6.85. The third-order valence-corrected chi connectivity index (χ3v) is 4.86. The third-order valence-electron chi connectivity index (χ3n) is 4.86. The molecular formula is C22H20N2O6. The minimum absolute atomic E-state index is 0.00698. The summed E-state index contributed by atoms with van der Waals surface area (Å²) in [6.07, 6.45) is 0.237. The van der Waals surface area contributed by atoms with Gasteiger partial charge in [0, 0.05) is 19.0 Å². The van der Waals surface area contributed by atoms with Gasteiger partial charge in [0.25, 0.3) is 5.56 Å². The summed E-state index contributed by atoms with van der Waals surface area (Å²) in [7, 11) is 1.62. The summed E-state index contributed by atoms with van der Waals surface area (Å²) in [6, 6.07) is 11.9. The van der Waals surface area contributed by atoms with Crippen molar-refractivity contribution in [2.45, 2.75) is 12.8 Å². The van der Waals surface area contributed by atoms with Crippen molar-refractivity contribution in [3.63, 3.8) is 0 Å². The second kappa shape index (κ2) is 8.36. The SMILES string of the molecule is Cn1c(CCC(=O)OCC(=O)c2ccc3c(c2)OCCO3)nc2ccccc2c1=O. The van der Waals surface area contributed by atoms with Gasteiger partial charge in [-0.1, -0.05) is 12.1 Å². The quantitative estimate of drug-likeness (QED) is 0.455. The van der Waals surface area contributed by atoms with E-state index < -0.39 is 5.97 Å². The van der Waals surface area contributed by atoms with Gasteiger partial charge >= 0.3 is 5.97 Å². The molecule has 0 radical (unpaired) electrons. The smallest absolute Gasteiger partial charge is 0.306 e. The van der Waals surface area contributed by atoms with Gasteiger partial charge in [-0.2, -0.15) is 0 Å². The molecule has 0 unspecified atom stereocenters. The van der Waals surface area contributed by atoms with Crippen molar-refractivity contribution in [1.82, 2.24) is 9.55 Å². The Morgan fingerprint density at radius 3 is 2.70 bits per heavy atom. The zero-order valence-electron chi connectivity index (χ0n) is 16.4. The molecule has 2 aromatic carbocycles. The standard InChI is InChI=1S/C22H20N2O6/c1-24-20(23-16-5-3-2-4-15(16)22(24)27)8-9-21(26)30-13-17(25)14-6-7-18-19(12-14)29-11-10-28-18/h2-7,12H,8-11,13H2,1H3. The Kier molecular flexibility index (Phi) is 5.47. The molecule has 4 rings (SSSR count). The highest BCUT2D eigenvalue weighted by atomic mass is 16.6. The van der Waals surface area contributed by atoms with Crippen molar-refractivity contribution in [3.05, 3.63) is 64.2 Å². The Balaban J connectivity index is 1.35. The maximum absolute atomic E-state index is 12.4. The van der Waals surface area contributed by atoms with Crippen LogP contribution in [0.2, 0.25) is 0 Å². The molecule has 3 aromatic rings. The highest BCUT2D eigenvalue weighted by Crippen LogP contribution is 2.30. The highest BCUT2D eigenvalue weighted by Gasteiger charge is 2.17. The van der Waals surface area contributed by atoms with Gasteiger partial charge in [0.15, 0.2) is 23.9 Å². The number of benzene rings is 2. The first-order chi connectivity index (χ1) is 14.5. The number of rotatable bonds is 6. The van der Waals surface area contributed by atoms with Crippen LogP contribution >= 0.6 is 0 Å². The first kappa shape index (κ1) is 19.6. The van der Waals surface area contributed by atoms with Crippen molar-refractivity contribution >= 4 is 22.7 Å². The Hall–Kier alpha value is -3.68. The third kappa shape index (κ3) is 4.03. The summed E-state index contributed by atoms with van der Waals surface area (Å²) < 4.78 is 17.4. The normalized spacial score (nSPS) is 12.6. The fraction of sp³-hybridized carbons (Fsp3) is 0.273. The first-order valence-corrected chi connectivity index (χ1v) is 9.56. The van der Waals surface area contributed by atoms with Crippen LogP contribution in [0, 0.1) is 0 Å². The number of ether oxygens (including phenoxy) is 3. The average molecular weight is 408 g/mol. The van der Waals surface area contributed by atoms with Gasteiger partial charge in [-0.05, 0) is 30.3 Å². The number of esters is 1. The lowest BCUT2D eigenvalue weighted by Gasteiger charge is -2.18. The van der Waals surface area contributed by atoms with Gasteiger partial charge < -0.3 is 14.2 Å². The topological polar surface area (TPSA) is 96.7 Å². The summed E-state index contributed by atoms with van der Waals surface area (Å²) in [5.74, 6) is 0.693. The van der Waals surface area contributed by atoms with Gasteiger partial charge in [-0.15, -0.1) is 0 Å². The molecule has 1 aromatic heterocycles. The number of hydrogen-bond acceptors (Lipinski definition) is 7. The predicted octanol–water partition coefficient (Wildman–Crippen LogP) is 2.06. The number of para-hydroxylation sites is 1. The minimum atomic E-state index is -0.539. The molecule has 0 saturated heterocycles. The van der Waals surface area contributed by atoms with Crippen LogP contribution < -0.4 is 15.0 Å². The minimum Gasteiger partial charge on any atom is -0.486 e. The van der Waals surface area contributed by atoms with Crippen LogP contribution in [0.3, 0.4) is 0 Å². The summed E-state index contributed by atoms with van der Waals surface area (Å²) in [6.45, 7) is 0.517. The number of carbonyl (C=O) groups is 2. The lowest BCUT2D eigenvalue weighted by atomic mass is 10.1. The maximum atomic E-state index is 12.4. The number of Topliss-reactive ketones (excluding diaryl/α,β-unsaturated/α-hetero) is 1.